The molecule has 2 bridgehead atoms. The second kappa shape index (κ2) is 6.84. The van der Waals surface area contributed by atoms with Crippen molar-refractivity contribution in [2.75, 3.05) is 0 Å². The number of phenolic OH excluding ortho intramolecular Hbond substituents is 1. The Morgan fingerprint density at radius 3 is 2.80 bits per heavy atom. The number of aromatic hydroxyl groups is 1. The molecule has 2 fully saturated rings. The van der Waals surface area contributed by atoms with Gasteiger partial charge >= 0.3 is 0 Å². The van der Waals surface area contributed by atoms with Gasteiger partial charge in [-0.25, -0.2) is 4.39 Å². The van der Waals surface area contributed by atoms with Crippen molar-refractivity contribution < 1.29 is 9.50 Å². The minimum Gasteiger partial charge on any atom is -0.507 e. The van der Waals surface area contributed by atoms with Crippen LogP contribution in [0.25, 0.3) is 28.1 Å². The summed E-state index contributed by atoms with van der Waals surface area (Å²) in [6.07, 6.45) is 11.1. The van der Waals surface area contributed by atoms with Crippen molar-refractivity contribution in [2.45, 2.75) is 56.8 Å². The molecule has 0 saturated carbocycles. The third-order valence-corrected chi connectivity index (χ3v) is 6.53. The monoisotopic (exact) mass is 404 g/mol. The third kappa shape index (κ3) is 3.25. The summed E-state index contributed by atoms with van der Waals surface area (Å²) in [5, 5.41) is 15.8. The number of hydrogen-bond donors (Lipinski definition) is 2. The second-order valence-electron chi connectivity index (χ2n) is 9.13. The summed E-state index contributed by atoms with van der Waals surface area (Å²) in [7, 11) is 0. The van der Waals surface area contributed by atoms with Gasteiger partial charge in [0.15, 0.2) is 0 Å². The second-order valence-corrected chi connectivity index (χ2v) is 9.13. The van der Waals surface area contributed by atoms with Crippen molar-refractivity contribution in [3.8, 4) is 17.0 Å². The Labute approximate surface area is 175 Å². The summed E-state index contributed by atoms with van der Waals surface area (Å²) in [4.78, 5) is 13.1. The lowest BCUT2D eigenvalue weighted by Crippen LogP contribution is -2.66. The van der Waals surface area contributed by atoms with Crippen LogP contribution in [0.4, 0.5) is 4.39 Å². The van der Waals surface area contributed by atoms with E-state index in [1.54, 1.807) is 30.9 Å². The molecular formula is C24H25FN4O. The average molecular weight is 404 g/mol. The number of alkyl halides is 1. The van der Waals surface area contributed by atoms with Crippen molar-refractivity contribution in [1.29, 1.82) is 0 Å². The fraction of sp³-hybridized carbons (Fsp3) is 0.375. The van der Waals surface area contributed by atoms with Crippen LogP contribution in [0.5, 0.6) is 5.75 Å². The molecule has 0 radical (unpaired) electrons. The van der Waals surface area contributed by atoms with Gasteiger partial charge in [0, 0.05) is 28.9 Å². The van der Waals surface area contributed by atoms with Crippen LogP contribution in [0.15, 0.2) is 48.6 Å². The highest BCUT2D eigenvalue weighted by Crippen LogP contribution is 2.44. The zero-order valence-electron chi connectivity index (χ0n) is 17.2. The molecule has 2 N–H and O–H groups in total. The minimum atomic E-state index is -1.04. The van der Waals surface area contributed by atoms with Crippen molar-refractivity contribution >= 4 is 16.8 Å². The normalized spacial score (nSPS) is 30.0. The van der Waals surface area contributed by atoms with E-state index in [1.807, 2.05) is 25.1 Å². The molecule has 2 saturated heterocycles. The van der Waals surface area contributed by atoms with E-state index >= 15 is 4.39 Å². The minimum absolute atomic E-state index is 0.0689. The van der Waals surface area contributed by atoms with Crippen molar-refractivity contribution in [3.05, 3.63) is 54.3 Å². The summed E-state index contributed by atoms with van der Waals surface area (Å²) in [5.74, 6) is 0.131. The number of halogens is 1. The molecule has 5 nitrogen and oxygen atoms in total. The third-order valence-electron chi connectivity index (χ3n) is 6.53. The number of phenols is 1. The summed E-state index contributed by atoms with van der Waals surface area (Å²) in [6, 6.07) is 5.45. The molecule has 5 rings (SSSR count). The number of fused-ring (bicyclic) bond motifs is 3. The molecule has 1 aromatic carbocycles. The van der Waals surface area contributed by atoms with Crippen LogP contribution in [-0.4, -0.2) is 37.3 Å². The summed E-state index contributed by atoms with van der Waals surface area (Å²) >= 11 is 0. The Kier molecular flexibility index (Phi) is 4.36. The standard InChI is InChI=1S/C24H25FN4O/c1-23-5-3-6-24(2,29-23)22(25)16(11-23)8-18-13-28-20(14-27-18)19-9-15-4-7-26-12-17(15)10-21(19)30/h4,7-10,12-14,22,29-30H,3,5-6,11H2,1-2H3/b16-8+/t22-,23+,24-/m0/s1. The van der Waals surface area contributed by atoms with E-state index in [9.17, 15) is 5.11 Å². The number of rotatable bonds is 2. The molecule has 154 valence electrons. The molecule has 2 aromatic heterocycles. The Morgan fingerprint density at radius 1 is 1.13 bits per heavy atom. The molecule has 0 amide bonds. The first-order valence-electron chi connectivity index (χ1n) is 10.4. The van der Waals surface area contributed by atoms with E-state index in [0.29, 0.717) is 23.4 Å². The van der Waals surface area contributed by atoms with Crippen LogP contribution in [0.2, 0.25) is 0 Å². The predicted octanol–water partition coefficient (Wildman–Crippen LogP) is 4.81. The van der Waals surface area contributed by atoms with Gasteiger partial charge in [-0.1, -0.05) is 0 Å². The number of nitrogens with one attached hydrogen (secondary N) is 1. The van der Waals surface area contributed by atoms with Crippen LogP contribution in [-0.2, 0) is 0 Å². The fourth-order valence-electron chi connectivity index (χ4n) is 5.13. The Morgan fingerprint density at radius 2 is 2.00 bits per heavy atom. The van der Waals surface area contributed by atoms with Crippen molar-refractivity contribution in [3.63, 3.8) is 0 Å². The lowest BCUT2D eigenvalue weighted by atomic mass is 9.68. The van der Waals surface area contributed by atoms with Gasteiger partial charge in [-0.05, 0) is 74.8 Å². The fourth-order valence-corrected chi connectivity index (χ4v) is 5.13. The van der Waals surface area contributed by atoms with Gasteiger partial charge in [-0.3, -0.25) is 15.0 Å². The number of piperidine rings is 2. The number of aromatic nitrogens is 3. The first kappa shape index (κ1) is 19.1. The van der Waals surface area contributed by atoms with E-state index in [2.05, 4.69) is 27.2 Å². The Balaban J connectivity index is 1.46. The highest BCUT2D eigenvalue weighted by atomic mass is 19.1. The van der Waals surface area contributed by atoms with Crippen LogP contribution >= 0.6 is 0 Å². The molecule has 4 heterocycles. The predicted molar refractivity (Wildman–Crippen MR) is 116 cm³/mol. The summed E-state index contributed by atoms with van der Waals surface area (Å²) in [6.45, 7) is 4.16. The van der Waals surface area contributed by atoms with Crippen LogP contribution in [0.3, 0.4) is 0 Å². The van der Waals surface area contributed by atoms with Crippen LogP contribution in [0, 0.1) is 0 Å². The molecule has 3 aromatic rings. The van der Waals surface area contributed by atoms with E-state index < -0.39 is 11.7 Å². The number of nitrogens with zero attached hydrogens (tertiary/aromatic N) is 3. The molecule has 0 spiro atoms. The summed E-state index contributed by atoms with van der Waals surface area (Å²) < 4.78 is 15.3. The lowest BCUT2D eigenvalue weighted by molar-refractivity contribution is 0.0555. The van der Waals surface area contributed by atoms with Crippen molar-refractivity contribution in [2.24, 2.45) is 0 Å². The molecule has 3 atom stereocenters. The Hall–Kier alpha value is -2.86. The lowest BCUT2D eigenvalue weighted by Gasteiger charge is -2.53. The smallest absolute Gasteiger partial charge is 0.139 e. The van der Waals surface area contributed by atoms with Gasteiger partial charge in [-0.2, -0.15) is 0 Å². The SMILES string of the molecule is C[C@]12CCC[C@](C)(N1)[C@@H](F)/C(=C/c1cnc(-c3cc4ccncc4cc3O)cn1)C2. The van der Waals surface area contributed by atoms with Gasteiger partial charge in [0.1, 0.15) is 11.9 Å². The number of pyridine rings is 1. The van der Waals surface area contributed by atoms with Gasteiger partial charge in [0.05, 0.1) is 29.3 Å². The molecule has 2 aliphatic rings. The number of hydrogen-bond acceptors (Lipinski definition) is 5. The molecule has 6 heteroatoms. The topological polar surface area (TPSA) is 70.9 Å². The Bertz CT molecular complexity index is 1150. The van der Waals surface area contributed by atoms with Gasteiger partial charge in [-0.15, -0.1) is 0 Å². The first-order valence-corrected chi connectivity index (χ1v) is 10.4. The van der Waals surface area contributed by atoms with Gasteiger partial charge < -0.3 is 10.4 Å². The molecule has 2 aliphatic heterocycles. The largest absolute Gasteiger partial charge is 0.507 e. The zero-order chi connectivity index (χ0) is 20.9. The van der Waals surface area contributed by atoms with E-state index in [4.69, 9.17) is 0 Å². The summed E-state index contributed by atoms with van der Waals surface area (Å²) in [5.41, 5.74) is 2.01. The number of benzene rings is 1. The van der Waals surface area contributed by atoms with Gasteiger partial charge in [0.25, 0.3) is 0 Å². The van der Waals surface area contributed by atoms with E-state index in [-0.39, 0.29) is 11.3 Å². The van der Waals surface area contributed by atoms with Crippen LogP contribution < -0.4 is 5.32 Å². The average Bonchev–Trinajstić information content (AvgIpc) is 2.72. The quantitative estimate of drug-likeness (QED) is 0.641. The maximum atomic E-state index is 15.3. The van der Waals surface area contributed by atoms with E-state index in [1.165, 1.54) is 0 Å². The maximum Gasteiger partial charge on any atom is 0.139 e. The zero-order valence-corrected chi connectivity index (χ0v) is 17.2. The molecule has 30 heavy (non-hydrogen) atoms. The van der Waals surface area contributed by atoms with Gasteiger partial charge in [0.2, 0.25) is 0 Å². The molecule has 0 aliphatic carbocycles. The first-order chi connectivity index (χ1) is 14.4. The highest BCUT2D eigenvalue weighted by Gasteiger charge is 2.50. The van der Waals surface area contributed by atoms with Crippen molar-refractivity contribution in [1.82, 2.24) is 20.3 Å². The van der Waals surface area contributed by atoms with E-state index in [0.717, 1.165) is 35.6 Å². The van der Waals surface area contributed by atoms with Crippen LogP contribution in [0.1, 0.15) is 45.2 Å². The molecular weight excluding hydrogens is 379 g/mol. The molecule has 0 unspecified atom stereocenters. The highest BCUT2D eigenvalue weighted by molar-refractivity contribution is 5.89. The maximum absolute atomic E-state index is 15.3.